The Balaban J connectivity index is 0.00000225. The van der Waals surface area contributed by atoms with Crippen molar-refractivity contribution in [3.05, 3.63) is 78.1 Å². The van der Waals surface area contributed by atoms with Crippen LogP contribution in [0.4, 0.5) is 0 Å². The van der Waals surface area contributed by atoms with E-state index in [1.165, 1.54) is 11.1 Å². The molecule has 0 saturated carbocycles. The average Bonchev–Trinajstić information content (AvgIpc) is 3.26. The van der Waals surface area contributed by atoms with Crippen LogP contribution in [0.3, 0.4) is 0 Å². The Morgan fingerprint density at radius 3 is 2.93 bits per heavy atom. The Bertz CT molecular complexity index is 926. The van der Waals surface area contributed by atoms with Crippen LogP contribution in [0.5, 0.6) is 5.75 Å². The van der Waals surface area contributed by atoms with Gasteiger partial charge in [-0.2, -0.15) is 5.10 Å². The minimum Gasteiger partial charge on any atom is -0.493 e. The van der Waals surface area contributed by atoms with Crippen molar-refractivity contribution in [2.75, 3.05) is 13.7 Å². The number of halogens is 1. The topological polar surface area (TPSA) is 63.5 Å². The van der Waals surface area contributed by atoms with E-state index in [2.05, 4.69) is 38.9 Å². The van der Waals surface area contributed by atoms with Crippen LogP contribution in [-0.2, 0) is 6.54 Å². The van der Waals surface area contributed by atoms with Crippen LogP contribution in [0, 0.1) is 0 Å². The van der Waals surface area contributed by atoms with E-state index in [1.807, 2.05) is 47.3 Å². The van der Waals surface area contributed by atoms with E-state index < -0.39 is 0 Å². The van der Waals surface area contributed by atoms with Gasteiger partial charge in [0, 0.05) is 38.0 Å². The molecule has 4 rings (SSSR count). The number of ether oxygens (including phenoxy) is 1. The number of hydrogen-bond acceptors (Lipinski definition) is 3. The van der Waals surface area contributed by atoms with Crippen LogP contribution in [-0.4, -0.2) is 29.4 Å². The number of guanidine groups is 1. The van der Waals surface area contributed by atoms with E-state index in [4.69, 9.17) is 4.74 Å². The van der Waals surface area contributed by atoms with Gasteiger partial charge in [0.05, 0.1) is 18.3 Å². The Morgan fingerprint density at radius 2 is 2.11 bits per heavy atom. The molecular formula is C21H24IN5O. The van der Waals surface area contributed by atoms with Crippen molar-refractivity contribution < 1.29 is 4.74 Å². The maximum Gasteiger partial charge on any atom is 0.191 e. The Morgan fingerprint density at radius 1 is 1.21 bits per heavy atom. The number of aromatic nitrogens is 2. The highest BCUT2D eigenvalue weighted by Crippen LogP contribution is 2.31. The average molecular weight is 489 g/mol. The van der Waals surface area contributed by atoms with E-state index in [-0.39, 0.29) is 30.0 Å². The van der Waals surface area contributed by atoms with Gasteiger partial charge in [-0.3, -0.25) is 4.99 Å². The molecule has 2 heterocycles. The molecule has 0 aliphatic carbocycles. The molecule has 2 N–H and O–H groups in total. The number of aliphatic imine (C=N–C) groups is 1. The summed E-state index contributed by atoms with van der Waals surface area (Å²) < 4.78 is 7.59. The van der Waals surface area contributed by atoms with Crippen molar-refractivity contribution in [1.29, 1.82) is 0 Å². The molecule has 0 saturated heterocycles. The van der Waals surface area contributed by atoms with E-state index in [0.29, 0.717) is 13.2 Å². The third kappa shape index (κ3) is 4.64. The van der Waals surface area contributed by atoms with Gasteiger partial charge in [0.2, 0.25) is 0 Å². The summed E-state index contributed by atoms with van der Waals surface area (Å²) in [5.74, 6) is 1.73. The maximum absolute atomic E-state index is 5.74. The summed E-state index contributed by atoms with van der Waals surface area (Å²) in [4.78, 5) is 4.38. The smallest absolute Gasteiger partial charge is 0.191 e. The molecule has 0 bridgehead atoms. The lowest BCUT2D eigenvalue weighted by Crippen LogP contribution is -2.40. The molecule has 146 valence electrons. The predicted octanol–water partition coefficient (Wildman–Crippen LogP) is 3.68. The van der Waals surface area contributed by atoms with Gasteiger partial charge >= 0.3 is 0 Å². The van der Waals surface area contributed by atoms with E-state index in [0.717, 1.165) is 23.8 Å². The van der Waals surface area contributed by atoms with Crippen LogP contribution in [0.25, 0.3) is 5.69 Å². The molecule has 3 aromatic rings. The van der Waals surface area contributed by atoms with Crippen LogP contribution in [0.2, 0.25) is 0 Å². The standard InChI is InChI=1S/C21H23N5O.HI/c1-22-21(25-19-10-13-27-20-9-3-2-8-18(19)20)23-15-16-6-4-7-17(14-16)26-12-5-11-24-26;/h2-9,11-12,14,19H,10,13,15H2,1H3,(H2,22,23,25);1H. The zero-order valence-corrected chi connectivity index (χ0v) is 18.0. The second-order valence-corrected chi connectivity index (χ2v) is 6.42. The van der Waals surface area contributed by atoms with Gasteiger partial charge in [-0.15, -0.1) is 24.0 Å². The normalized spacial score (nSPS) is 15.8. The molecule has 6 nitrogen and oxygen atoms in total. The summed E-state index contributed by atoms with van der Waals surface area (Å²) >= 11 is 0. The van der Waals surface area contributed by atoms with Crippen LogP contribution in [0.1, 0.15) is 23.6 Å². The SMILES string of the molecule is CN=C(NCc1cccc(-n2cccn2)c1)NC1CCOc2ccccc21.I. The van der Waals surface area contributed by atoms with Crippen molar-refractivity contribution in [3.8, 4) is 11.4 Å². The summed E-state index contributed by atoms with van der Waals surface area (Å²) in [6.07, 6.45) is 4.63. The first-order chi connectivity index (χ1) is 13.3. The van der Waals surface area contributed by atoms with Gasteiger partial charge < -0.3 is 15.4 Å². The summed E-state index contributed by atoms with van der Waals surface area (Å²) in [6.45, 7) is 1.39. The number of nitrogens with one attached hydrogen (secondary N) is 2. The first-order valence-corrected chi connectivity index (χ1v) is 9.11. The van der Waals surface area contributed by atoms with Gasteiger partial charge in [-0.1, -0.05) is 30.3 Å². The van der Waals surface area contributed by atoms with E-state index >= 15 is 0 Å². The second kappa shape index (κ2) is 9.59. The fourth-order valence-electron chi connectivity index (χ4n) is 3.27. The molecule has 1 aromatic heterocycles. The van der Waals surface area contributed by atoms with E-state index in [9.17, 15) is 0 Å². The minimum absolute atomic E-state index is 0. The Hall–Kier alpha value is -2.55. The molecule has 1 aliphatic heterocycles. The number of para-hydroxylation sites is 1. The lowest BCUT2D eigenvalue weighted by molar-refractivity contribution is 0.261. The minimum atomic E-state index is 0. The number of nitrogens with zero attached hydrogens (tertiary/aromatic N) is 3. The highest BCUT2D eigenvalue weighted by molar-refractivity contribution is 14.0. The molecule has 1 aliphatic rings. The van der Waals surface area contributed by atoms with Gasteiger partial charge in [0.25, 0.3) is 0 Å². The zero-order chi connectivity index (χ0) is 18.5. The lowest BCUT2D eigenvalue weighted by Gasteiger charge is -2.28. The molecule has 0 radical (unpaired) electrons. The number of fused-ring (bicyclic) bond motifs is 1. The van der Waals surface area contributed by atoms with Gasteiger partial charge in [0.1, 0.15) is 5.75 Å². The Kier molecular flexibility index (Phi) is 6.91. The molecule has 1 unspecified atom stereocenters. The van der Waals surface area contributed by atoms with Gasteiger partial charge in [0.15, 0.2) is 5.96 Å². The first-order valence-electron chi connectivity index (χ1n) is 9.11. The monoisotopic (exact) mass is 489 g/mol. The van der Waals surface area contributed by atoms with Crippen molar-refractivity contribution >= 4 is 29.9 Å². The molecule has 0 fully saturated rings. The first kappa shape index (κ1) is 20.2. The highest BCUT2D eigenvalue weighted by Gasteiger charge is 2.21. The number of hydrogen-bond donors (Lipinski definition) is 2. The third-order valence-electron chi connectivity index (χ3n) is 4.63. The van der Waals surface area contributed by atoms with Gasteiger partial charge in [-0.05, 0) is 29.8 Å². The molecule has 0 spiro atoms. The largest absolute Gasteiger partial charge is 0.493 e. The number of benzene rings is 2. The van der Waals surface area contributed by atoms with Crippen LogP contribution < -0.4 is 15.4 Å². The van der Waals surface area contributed by atoms with Crippen molar-refractivity contribution in [1.82, 2.24) is 20.4 Å². The Labute approximate surface area is 182 Å². The fourth-order valence-corrected chi connectivity index (χ4v) is 3.27. The molecule has 28 heavy (non-hydrogen) atoms. The van der Waals surface area contributed by atoms with Crippen LogP contribution in [0.15, 0.2) is 72.0 Å². The molecule has 0 amide bonds. The summed E-state index contributed by atoms with van der Waals surface area (Å²) in [7, 11) is 1.79. The highest BCUT2D eigenvalue weighted by atomic mass is 127. The molecule has 2 aromatic carbocycles. The second-order valence-electron chi connectivity index (χ2n) is 6.42. The van der Waals surface area contributed by atoms with E-state index in [1.54, 1.807) is 13.2 Å². The number of rotatable bonds is 4. The lowest BCUT2D eigenvalue weighted by atomic mass is 10.0. The third-order valence-corrected chi connectivity index (χ3v) is 4.63. The fraction of sp³-hybridized carbons (Fsp3) is 0.238. The van der Waals surface area contributed by atoms with Crippen molar-refractivity contribution in [2.45, 2.75) is 19.0 Å². The molecule has 7 heteroatoms. The summed E-state index contributed by atoms with van der Waals surface area (Å²) in [5.41, 5.74) is 3.38. The van der Waals surface area contributed by atoms with Crippen LogP contribution >= 0.6 is 24.0 Å². The maximum atomic E-state index is 5.74. The molecule has 1 atom stereocenters. The zero-order valence-electron chi connectivity index (χ0n) is 15.7. The van der Waals surface area contributed by atoms with Crippen molar-refractivity contribution in [2.24, 2.45) is 4.99 Å². The van der Waals surface area contributed by atoms with Crippen molar-refractivity contribution in [3.63, 3.8) is 0 Å². The van der Waals surface area contributed by atoms with Gasteiger partial charge in [-0.25, -0.2) is 4.68 Å². The quantitative estimate of drug-likeness (QED) is 0.334. The summed E-state index contributed by atoms with van der Waals surface area (Å²) in [6, 6.07) is 18.6. The molecular weight excluding hydrogens is 465 g/mol. The predicted molar refractivity (Wildman–Crippen MR) is 122 cm³/mol. The summed E-state index contributed by atoms with van der Waals surface area (Å²) in [5, 5.41) is 11.2.